The van der Waals surface area contributed by atoms with Gasteiger partial charge in [-0.3, -0.25) is 4.79 Å². The molecule has 0 saturated heterocycles. The molecule has 0 fully saturated rings. The van der Waals surface area contributed by atoms with Crippen molar-refractivity contribution in [2.45, 2.75) is 4.90 Å². The number of hydrogen-bond donors (Lipinski definition) is 1. The lowest BCUT2D eigenvalue weighted by Gasteiger charge is -2.09. The van der Waals surface area contributed by atoms with Crippen LogP contribution in [-0.4, -0.2) is 33.2 Å². The van der Waals surface area contributed by atoms with E-state index in [1.807, 2.05) is 0 Å². The molecule has 9 heteroatoms. The number of amides is 1. The summed E-state index contributed by atoms with van der Waals surface area (Å²) in [5.74, 6) is -2.52. The lowest BCUT2D eigenvalue weighted by atomic mass is 10.2. The minimum absolute atomic E-state index is 0.0319. The number of esters is 1. The number of hydrogen-bond acceptors (Lipinski definition) is 5. The number of nitrogens with one attached hydrogen (secondary N) is 1. The van der Waals surface area contributed by atoms with Crippen LogP contribution >= 0.6 is 11.6 Å². The average Bonchev–Trinajstić information content (AvgIpc) is 2.54. The molecule has 2 aromatic rings. The fourth-order valence-electron chi connectivity index (χ4n) is 1.85. The fraction of sp³-hybridized carbons (Fsp3) is 0.125. The standard InChI is InChI=1S/C16H13ClFNO5S/c1-25(22,23)10-6-7-12(17)14(8-10)19-15(20)9-24-16(21)11-4-2-3-5-13(11)18/h2-8H,9H2,1H3,(H,19,20). The number of ether oxygens (including phenoxy) is 1. The zero-order valence-corrected chi connectivity index (χ0v) is 14.5. The molecule has 0 aliphatic heterocycles. The van der Waals surface area contributed by atoms with Gasteiger partial charge in [0, 0.05) is 6.26 Å². The molecule has 0 atom stereocenters. The number of anilines is 1. The van der Waals surface area contributed by atoms with Gasteiger partial charge in [0.2, 0.25) is 0 Å². The summed E-state index contributed by atoms with van der Waals surface area (Å²) in [4.78, 5) is 23.6. The molecule has 0 spiro atoms. The van der Waals surface area contributed by atoms with E-state index in [1.54, 1.807) is 0 Å². The van der Waals surface area contributed by atoms with E-state index >= 15 is 0 Å². The maximum absolute atomic E-state index is 13.4. The minimum Gasteiger partial charge on any atom is -0.452 e. The first-order valence-corrected chi connectivity index (χ1v) is 9.16. The number of carbonyl (C=O) groups excluding carboxylic acids is 2. The van der Waals surface area contributed by atoms with E-state index in [0.29, 0.717) is 0 Å². The van der Waals surface area contributed by atoms with Crippen LogP contribution in [-0.2, 0) is 19.4 Å². The number of carbonyl (C=O) groups is 2. The topological polar surface area (TPSA) is 89.5 Å². The molecule has 0 aliphatic carbocycles. The molecular formula is C16H13ClFNO5S. The third-order valence-electron chi connectivity index (χ3n) is 3.07. The first-order valence-electron chi connectivity index (χ1n) is 6.89. The highest BCUT2D eigenvalue weighted by molar-refractivity contribution is 7.90. The van der Waals surface area contributed by atoms with Crippen molar-refractivity contribution in [3.8, 4) is 0 Å². The van der Waals surface area contributed by atoms with Crippen LogP contribution in [0.1, 0.15) is 10.4 Å². The van der Waals surface area contributed by atoms with E-state index in [9.17, 15) is 22.4 Å². The zero-order valence-electron chi connectivity index (χ0n) is 13.0. The Balaban J connectivity index is 2.04. The average molecular weight is 386 g/mol. The van der Waals surface area contributed by atoms with Crippen molar-refractivity contribution in [2.24, 2.45) is 0 Å². The predicted octanol–water partition coefficient (Wildman–Crippen LogP) is 2.68. The summed E-state index contributed by atoms with van der Waals surface area (Å²) < 4.78 is 41.2. The predicted molar refractivity (Wildman–Crippen MR) is 89.9 cm³/mol. The van der Waals surface area contributed by atoms with E-state index in [1.165, 1.54) is 36.4 Å². The number of benzene rings is 2. The molecule has 132 valence electrons. The van der Waals surface area contributed by atoms with Crippen LogP contribution in [0, 0.1) is 5.82 Å². The second-order valence-corrected chi connectivity index (χ2v) is 7.44. The first kappa shape index (κ1) is 18.9. The Morgan fingerprint density at radius 2 is 1.88 bits per heavy atom. The Morgan fingerprint density at radius 3 is 2.52 bits per heavy atom. The van der Waals surface area contributed by atoms with Crippen LogP contribution in [0.4, 0.5) is 10.1 Å². The Morgan fingerprint density at radius 1 is 1.20 bits per heavy atom. The summed E-state index contributed by atoms with van der Waals surface area (Å²) in [5.41, 5.74) is -0.246. The van der Waals surface area contributed by atoms with Crippen molar-refractivity contribution in [3.05, 3.63) is 58.9 Å². The van der Waals surface area contributed by atoms with Gasteiger partial charge in [0.1, 0.15) is 5.82 Å². The lowest BCUT2D eigenvalue weighted by Crippen LogP contribution is -2.21. The second-order valence-electron chi connectivity index (χ2n) is 5.02. The van der Waals surface area contributed by atoms with E-state index in [4.69, 9.17) is 16.3 Å². The van der Waals surface area contributed by atoms with Crippen LogP contribution in [0.2, 0.25) is 5.02 Å². The highest BCUT2D eigenvalue weighted by Crippen LogP contribution is 2.25. The van der Waals surface area contributed by atoms with Crippen LogP contribution in [0.3, 0.4) is 0 Å². The highest BCUT2D eigenvalue weighted by atomic mass is 35.5. The van der Waals surface area contributed by atoms with Gasteiger partial charge >= 0.3 is 5.97 Å². The van der Waals surface area contributed by atoms with Crippen molar-refractivity contribution in [3.63, 3.8) is 0 Å². The summed E-state index contributed by atoms with van der Waals surface area (Å²) in [6, 6.07) is 8.99. The quantitative estimate of drug-likeness (QED) is 0.799. The van der Waals surface area contributed by atoms with Gasteiger partial charge in [-0.15, -0.1) is 0 Å². The van der Waals surface area contributed by atoms with E-state index in [-0.39, 0.29) is 21.2 Å². The van der Waals surface area contributed by atoms with Crippen LogP contribution in [0.15, 0.2) is 47.4 Å². The number of rotatable bonds is 5. The summed E-state index contributed by atoms with van der Waals surface area (Å²) in [5, 5.41) is 2.45. The van der Waals surface area contributed by atoms with Gasteiger partial charge in [-0.2, -0.15) is 0 Å². The molecule has 1 N–H and O–H groups in total. The molecule has 2 rings (SSSR count). The van der Waals surface area contributed by atoms with Gasteiger partial charge in [-0.25, -0.2) is 17.6 Å². The maximum atomic E-state index is 13.4. The molecule has 0 saturated carbocycles. The third kappa shape index (κ3) is 5.01. The van der Waals surface area contributed by atoms with Gasteiger partial charge < -0.3 is 10.1 Å². The van der Waals surface area contributed by atoms with Gasteiger partial charge in [0.05, 0.1) is 21.2 Å². The molecule has 0 bridgehead atoms. The molecule has 0 heterocycles. The third-order valence-corrected chi connectivity index (χ3v) is 4.51. The van der Waals surface area contributed by atoms with Crippen LogP contribution < -0.4 is 5.32 Å². The summed E-state index contributed by atoms with van der Waals surface area (Å²) in [7, 11) is -3.48. The fourth-order valence-corrected chi connectivity index (χ4v) is 2.66. The second kappa shape index (κ2) is 7.62. The summed E-state index contributed by atoms with van der Waals surface area (Å²) in [6.45, 7) is -0.688. The Hall–Kier alpha value is -2.45. The van der Waals surface area contributed by atoms with Gasteiger partial charge in [-0.05, 0) is 30.3 Å². The van der Waals surface area contributed by atoms with Crippen LogP contribution in [0.25, 0.3) is 0 Å². The number of sulfone groups is 1. The lowest BCUT2D eigenvalue weighted by molar-refractivity contribution is -0.119. The Labute approximate surface area is 148 Å². The molecule has 0 radical (unpaired) electrons. The normalized spacial score (nSPS) is 11.0. The molecule has 0 unspecified atom stereocenters. The SMILES string of the molecule is CS(=O)(=O)c1ccc(Cl)c(NC(=O)COC(=O)c2ccccc2F)c1. The van der Waals surface area contributed by atoms with E-state index in [2.05, 4.69) is 5.32 Å². The molecule has 6 nitrogen and oxygen atoms in total. The van der Waals surface area contributed by atoms with Crippen molar-refractivity contribution >= 4 is 39.0 Å². The smallest absolute Gasteiger partial charge is 0.341 e. The first-order chi connectivity index (χ1) is 11.7. The van der Waals surface area contributed by atoms with Crippen LogP contribution in [0.5, 0.6) is 0 Å². The summed E-state index contributed by atoms with van der Waals surface area (Å²) >= 11 is 5.90. The molecule has 1 amide bonds. The molecule has 2 aromatic carbocycles. The molecule has 0 aliphatic rings. The molecule has 0 aromatic heterocycles. The monoisotopic (exact) mass is 385 g/mol. The number of halogens is 2. The van der Waals surface area contributed by atoms with Crippen molar-refractivity contribution < 1.29 is 27.1 Å². The van der Waals surface area contributed by atoms with Crippen molar-refractivity contribution in [1.82, 2.24) is 0 Å². The van der Waals surface area contributed by atoms with E-state index < -0.39 is 34.1 Å². The zero-order chi connectivity index (χ0) is 18.6. The summed E-state index contributed by atoms with van der Waals surface area (Å²) in [6.07, 6.45) is 1.01. The van der Waals surface area contributed by atoms with Gasteiger partial charge in [0.15, 0.2) is 16.4 Å². The van der Waals surface area contributed by atoms with E-state index in [0.717, 1.165) is 12.3 Å². The largest absolute Gasteiger partial charge is 0.452 e. The van der Waals surface area contributed by atoms with Crippen molar-refractivity contribution in [1.29, 1.82) is 0 Å². The Kier molecular flexibility index (Phi) is 5.76. The molecule has 25 heavy (non-hydrogen) atoms. The van der Waals surface area contributed by atoms with Gasteiger partial charge in [-0.1, -0.05) is 23.7 Å². The Bertz CT molecular complexity index is 930. The van der Waals surface area contributed by atoms with Crippen molar-refractivity contribution in [2.75, 3.05) is 18.2 Å². The maximum Gasteiger partial charge on any atom is 0.341 e. The minimum atomic E-state index is -3.48. The highest BCUT2D eigenvalue weighted by Gasteiger charge is 2.16. The molecular weight excluding hydrogens is 373 g/mol. The van der Waals surface area contributed by atoms with Gasteiger partial charge in [0.25, 0.3) is 5.91 Å².